The maximum atomic E-state index is 12.4. The van der Waals surface area contributed by atoms with Gasteiger partial charge in [0.2, 0.25) is 0 Å². The smallest absolute Gasteiger partial charge is 0.287 e. The van der Waals surface area contributed by atoms with E-state index in [2.05, 4.69) is 5.32 Å². The third-order valence-corrected chi connectivity index (χ3v) is 5.65. The first-order valence-electron chi connectivity index (χ1n) is 9.92. The van der Waals surface area contributed by atoms with Crippen LogP contribution in [0.1, 0.15) is 46.9 Å². The second-order valence-corrected chi connectivity index (χ2v) is 8.93. The van der Waals surface area contributed by atoms with Gasteiger partial charge >= 0.3 is 0 Å². The maximum absolute atomic E-state index is 12.4. The molecule has 3 rings (SSSR count). The van der Waals surface area contributed by atoms with E-state index in [-0.39, 0.29) is 23.5 Å². The molecule has 2 aromatic carbocycles. The van der Waals surface area contributed by atoms with Gasteiger partial charge in [0.1, 0.15) is 11.5 Å². The fourth-order valence-electron chi connectivity index (χ4n) is 2.88. The van der Waals surface area contributed by atoms with Crippen molar-refractivity contribution >= 4 is 16.7 Å². The first-order valence-corrected chi connectivity index (χ1v) is 11.4. The molecule has 0 unspecified atom stereocenters. The standard InChI is InChI=1S/C24H27NO4S/c1-17(2)28-21-10-8-19(9-11-21)14-25-24(26)23-13-12-22(29-23)16-30(27)15-20-6-4-18(3)5-7-20/h4-13,17H,14-16H2,1-3H3,(H,25,26)/t30-/m1/s1. The van der Waals surface area contributed by atoms with Gasteiger partial charge in [-0.1, -0.05) is 42.0 Å². The fourth-order valence-corrected chi connectivity index (χ4v) is 4.02. The molecule has 1 heterocycles. The number of ether oxygens (including phenoxy) is 1. The monoisotopic (exact) mass is 425 g/mol. The SMILES string of the molecule is Cc1ccc(C[S@@](=O)Cc2ccc(C(=O)NCc3ccc(OC(C)C)cc3)o2)cc1. The summed E-state index contributed by atoms with van der Waals surface area (Å²) in [4.78, 5) is 12.3. The predicted molar refractivity (Wildman–Crippen MR) is 119 cm³/mol. The molecule has 6 heteroatoms. The molecule has 5 nitrogen and oxygen atoms in total. The van der Waals surface area contributed by atoms with Crippen molar-refractivity contribution in [3.63, 3.8) is 0 Å². The summed E-state index contributed by atoms with van der Waals surface area (Å²) in [7, 11) is -1.11. The zero-order valence-corrected chi connectivity index (χ0v) is 18.3. The van der Waals surface area contributed by atoms with Crippen LogP contribution in [0.15, 0.2) is 65.1 Å². The average molecular weight is 426 g/mol. The summed E-state index contributed by atoms with van der Waals surface area (Å²) >= 11 is 0. The van der Waals surface area contributed by atoms with Crippen molar-refractivity contribution in [3.05, 3.63) is 88.9 Å². The largest absolute Gasteiger partial charge is 0.491 e. The van der Waals surface area contributed by atoms with Crippen LogP contribution in [0.5, 0.6) is 5.75 Å². The number of nitrogens with one attached hydrogen (secondary N) is 1. The van der Waals surface area contributed by atoms with E-state index in [1.807, 2.05) is 69.3 Å². The molecular formula is C24H27NO4S. The molecule has 0 aliphatic heterocycles. The molecule has 1 amide bonds. The molecule has 0 spiro atoms. The summed E-state index contributed by atoms with van der Waals surface area (Å²) < 4.78 is 23.6. The highest BCUT2D eigenvalue weighted by Gasteiger charge is 2.13. The van der Waals surface area contributed by atoms with Crippen molar-refractivity contribution in [2.45, 2.75) is 44.9 Å². The van der Waals surface area contributed by atoms with Crippen molar-refractivity contribution in [2.75, 3.05) is 0 Å². The highest BCUT2D eigenvalue weighted by atomic mass is 32.2. The summed E-state index contributed by atoms with van der Waals surface area (Å²) in [6.07, 6.45) is 0.120. The Balaban J connectivity index is 1.49. The minimum atomic E-state index is -1.11. The molecule has 3 aromatic rings. The van der Waals surface area contributed by atoms with Crippen LogP contribution in [0, 0.1) is 6.92 Å². The van der Waals surface area contributed by atoms with E-state index in [1.54, 1.807) is 12.1 Å². The maximum Gasteiger partial charge on any atom is 0.287 e. The molecule has 30 heavy (non-hydrogen) atoms. The third kappa shape index (κ3) is 6.59. The van der Waals surface area contributed by atoms with Gasteiger partial charge in [0.05, 0.1) is 11.9 Å². The number of furan rings is 1. The number of benzene rings is 2. The van der Waals surface area contributed by atoms with E-state index in [1.165, 1.54) is 5.56 Å². The molecule has 0 saturated heterocycles. The van der Waals surface area contributed by atoms with Crippen molar-refractivity contribution in [1.82, 2.24) is 5.32 Å². The summed E-state index contributed by atoms with van der Waals surface area (Å²) in [5.74, 6) is 2.00. The minimum absolute atomic E-state index is 0.120. The summed E-state index contributed by atoms with van der Waals surface area (Å²) in [5.41, 5.74) is 3.16. The molecule has 0 saturated carbocycles. The summed E-state index contributed by atoms with van der Waals surface area (Å²) in [6.45, 7) is 6.36. The van der Waals surface area contributed by atoms with Gasteiger partial charge in [0.25, 0.3) is 5.91 Å². The molecule has 158 valence electrons. The summed E-state index contributed by atoms with van der Waals surface area (Å²) in [5, 5.41) is 2.84. The van der Waals surface area contributed by atoms with E-state index in [9.17, 15) is 9.00 Å². The van der Waals surface area contributed by atoms with Crippen LogP contribution < -0.4 is 10.1 Å². The van der Waals surface area contributed by atoms with Crippen molar-refractivity contribution in [3.8, 4) is 5.75 Å². The lowest BCUT2D eigenvalue weighted by Gasteiger charge is -2.10. The number of amides is 1. The Morgan fingerprint density at radius 1 is 0.967 bits per heavy atom. The van der Waals surface area contributed by atoms with Crippen molar-refractivity contribution in [2.24, 2.45) is 0 Å². The molecule has 1 aromatic heterocycles. The zero-order valence-electron chi connectivity index (χ0n) is 17.5. The number of carbonyl (C=O) groups is 1. The van der Waals surface area contributed by atoms with Gasteiger partial charge < -0.3 is 14.5 Å². The highest BCUT2D eigenvalue weighted by Crippen LogP contribution is 2.15. The normalized spacial score (nSPS) is 12.0. The Kier molecular flexibility index (Phi) is 7.46. The van der Waals surface area contributed by atoms with Crippen molar-refractivity contribution < 1.29 is 18.2 Å². The van der Waals surface area contributed by atoms with Crippen LogP contribution in [0.2, 0.25) is 0 Å². The molecule has 0 radical (unpaired) electrons. The molecule has 0 aliphatic carbocycles. The van der Waals surface area contributed by atoms with Crippen LogP contribution in [0.3, 0.4) is 0 Å². The molecule has 1 atom stereocenters. The van der Waals surface area contributed by atoms with Crippen molar-refractivity contribution in [1.29, 1.82) is 0 Å². The third-order valence-electron chi connectivity index (χ3n) is 4.39. The molecule has 0 bridgehead atoms. The summed E-state index contributed by atoms with van der Waals surface area (Å²) in [6, 6.07) is 18.9. The fraction of sp³-hybridized carbons (Fsp3) is 0.292. The Labute approximate surface area is 179 Å². The Morgan fingerprint density at radius 3 is 2.30 bits per heavy atom. The topological polar surface area (TPSA) is 68.5 Å². The number of aryl methyl sites for hydroxylation is 1. The number of rotatable bonds is 9. The predicted octanol–water partition coefficient (Wildman–Crippen LogP) is 4.75. The van der Waals surface area contributed by atoms with E-state index in [0.717, 1.165) is 16.9 Å². The lowest BCUT2D eigenvalue weighted by molar-refractivity contribution is 0.0921. The number of hydrogen-bond donors (Lipinski definition) is 1. The van der Waals surface area contributed by atoms with E-state index < -0.39 is 10.8 Å². The van der Waals surface area contributed by atoms with Gasteiger partial charge in [-0.05, 0) is 56.2 Å². The van der Waals surface area contributed by atoms with Gasteiger partial charge in [0.15, 0.2) is 5.76 Å². The van der Waals surface area contributed by atoms with Gasteiger partial charge in [-0.25, -0.2) is 0 Å². The number of carbonyl (C=O) groups excluding carboxylic acids is 1. The van der Waals surface area contributed by atoms with Gasteiger partial charge in [-0.2, -0.15) is 0 Å². The first kappa shape index (κ1) is 21.8. The van der Waals surface area contributed by atoms with Crippen LogP contribution in [0.4, 0.5) is 0 Å². The Bertz CT molecular complexity index is 991. The van der Waals surface area contributed by atoms with Gasteiger partial charge in [-0.3, -0.25) is 9.00 Å². The van der Waals surface area contributed by atoms with Crippen LogP contribution in [-0.2, 0) is 28.9 Å². The van der Waals surface area contributed by atoms with Crippen LogP contribution in [-0.4, -0.2) is 16.2 Å². The van der Waals surface area contributed by atoms with Gasteiger partial charge in [-0.15, -0.1) is 0 Å². The first-order chi connectivity index (χ1) is 14.4. The quantitative estimate of drug-likeness (QED) is 0.537. The zero-order chi connectivity index (χ0) is 21.5. The lowest BCUT2D eigenvalue weighted by Crippen LogP contribution is -2.22. The van der Waals surface area contributed by atoms with Gasteiger partial charge in [0, 0.05) is 23.1 Å². The molecule has 0 fully saturated rings. The lowest BCUT2D eigenvalue weighted by atomic mass is 10.2. The highest BCUT2D eigenvalue weighted by molar-refractivity contribution is 7.83. The average Bonchev–Trinajstić information content (AvgIpc) is 3.17. The van der Waals surface area contributed by atoms with E-state index >= 15 is 0 Å². The minimum Gasteiger partial charge on any atom is -0.491 e. The van der Waals surface area contributed by atoms with Crippen LogP contribution in [0.25, 0.3) is 0 Å². The van der Waals surface area contributed by atoms with E-state index in [4.69, 9.17) is 9.15 Å². The van der Waals surface area contributed by atoms with E-state index in [0.29, 0.717) is 18.1 Å². The number of hydrogen-bond acceptors (Lipinski definition) is 4. The Hall–Kier alpha value is -2.86. The Morgan fingerprint density at radius 2 is 1.63 bits per heavy atom. The second kappa shape index (κ2) is 10.3. The molecule has 1 N–H and O–H groups in total. The molecule has 0 aliphatic rings. The molecular weight excluding hydrogens is 398 g/mol. The van der Waals surface area contributed by atoms with Crippen LogP contribution >= 0.6 is 0 Å². The second-order valence-electron chi connectivity index (χ2n) is 7.47.